The first-order valence-corrected chi connectivity index (χ1v) is 10.2. The van der Waals surface area contributed by atoms with Gasteiger partial charge in [-0.15, -0.1) is 0 Å². The molecule has 1 unspecified atom stereocenters. The molecule has 0 bridgehead atoms. The number of carbonyl (C=O) groups excluding carboxylic acids is 1. The molecule has 1 N–H and O–H groups in total. The van der Waals surface area contributed by atoms with Crippen LogP contribution in [0.5, 0.6) is 0 Å². The highest BCUT2D eigenvalue weighted by atomic mass is 19.4. The number of rotatable bonds is 5. The molecule has 2 aromatic rings. The Morgan fingerprint density at radius 1 is 1.14 bits per heavy atom. The van der Waals surface area contributed by atoms with Crippen LogP contribution >= 0.6 is 0 Å². The van der Waals surface area contributed by atoms with Crippen molar-refractivity contribution in [2.75, 3.05) is 44.9 Å². The predicted molar refractivity (Wildman–Crippen MR) is 109 cm³/mol. The predicted octanol–water partition coefficient (Wildman–Crippen LogP) is 3.02. The highest BCUT2D eigenvalue weighted by Crippen LogP contribution is 2.37. The van der Waals surface area contributed by atoms with Gasteiger partial charge in [0, 0.05) is 38.8 Å². The minimum Gasteiger partial charge on any atom is -0.450 e. The van der Waals surface area contributed by atoms with Crippen LogP contribution in [-0.2, 0) is 27.4 Å². The molecule has 3 rings (SSSR count). The average Bonchev–Trinajstić information content (AvgIpc) is 2.78. The number of pyridine rings is 1. The van der Waals surface area contributed by atoms with Crippen LogP contribution in [0.4, 0.5) is 37.1 Å². The van der Waals surface area contributed by atoms with Gasteiger partial charge in [-0.3, -0.25) is 9.69 Å². The fourth-order valence-electron chi connectivity index (χ4n) is 3.84. The van der Waals surface area contributed by atoms with E-state index >= 15 is 0 Å². The minimum atomic E-state index is -4.99. The number of hydrogen-bond donors (Lipinski definition) is 1. The Morgan fingerprint density at radius 2 is 1.80 bits per heavy atom. The van der Waals surface area contributed by atoms with Gasteiger partial charge < -0.3 is 19.4 Å². The quantitative estimate of drug-likeness (QED) is 0.619. The topological polar surface area (TPSA) is 101 Å². The zero-order chi connectivity index (χ0) is 26.0. The number of piperazine rings is 1. The Hall–Kier alpha value is -3.36. The van der Waals surface area contributed by atoms with Crippen molar-refractivity contribution < 1.29 is 40.6 Å². The van der Waals surface area contributed by atoms with Gasteiger partial charge in [0.05, 0.1) is 25.3 Å². The number of nitrogens with one attached hydrogen (secondary N) is 1. The lowest BCUT2D eigenvalue weighted by Gasteiger charge is -2.49. The Kier molecular flexibility index (Phi) is 7.29. The normalized spacial score (nSPS) is 19.1. The van der Waals surface area contributed by atoms with Crippen LogP contribution in [0.15, 0.2) is 29.5 Å². The molecule has 0 spiro atoms. The summed E-state index contributed by atoms with van der Waals surface area (Å²) in [5, 5.41) is 0. The van der Waals surface area contributed by atoms with E-state index in [0.29, 0.717) is 18.5 Å². The third-order valence-corrected chi connectivity index (χ3v) is 5.43. The minimum absolute atomic E-state index is 0.0243. The molecule has 0 radical (unpaired) electrons. The largest absolute Gasteiger partial charge is 0.450 e. The number of nitrogens with zero attached hydrogens (tertiary/aromatic N) is 4. The monoisotopic (exact) mass is 509 g/mol. The van der Waals surface area contributed by atoms with Gasteiger partial charge in [-0.05, 0) is 18.6 Å². The maximum Gasteiger partial charge on any atom is 0.421 e. The molecule has 0 aromatic carbocycles. The summed E-state index contributed by atoms with van der Waals surface area (Å²) in [7, 11) is 1.26. The second-order valence-corrected chi connectivity index (χ2v) is 7.64. The van der Waals surface area contributed by atoms with E-state index in [1.807, 2.05) is 4.98 Å². The van der Waals surface area contributed by atoms with Crippen molar-refractivity contribution in [3.63, 3.8) is 0 Å². The Bertz CT molecular complexity index is 1100. The van der Waals surface area contributed by atoms with Crippen molar-refractivity contribution in [1.82, 2.24) is 19.9 Å². The van der Waals surface area contributed by atoms with E-state index in [2.05, 4.69) is 9.97 Å². The third kappa shape index (κ3) is 5.33. The molecule has 1 atom stereocenters. The maximum atomic E-state index is 13.5. The number of carbonyl (C=O) groups is 1. The lowest BCUT2D eigenvalue weighted by Crippen LogP contribution is -2.64. The molecule has 1 fully saturated rings. The maximum absolute atomic E-state index is 13.5. The number of halogens is 6. The molecule has 35 heavy (non-hydrogen) atoms. The first-order valence-electron chi connectivity index (χ1n) is 10.2. The fraction of sp³-hybridized carbons (Fsp3) is 0.500. The van der Waals surface area contributed by atoms with Crippen LogP contribution < -0.4 is 10.5 Å². The van der Waals surface area contributed by atoms with E-state index in [9.17, 15) is 35.9 Å². The smallest absolute Gasteiger partial charge is 0.421 e. The van der Waals surface area contributed by atoms with E-state index < -0.39 is 40.7 Å². The van der Waals surface area contributed by atoms with E-state index in [4.69, 9.17) is 9.47 Å². The van der Waals surface area contributed by atoms with Gasteiger partial charge >= 0.3 is 18.4 Å². The van der Waals surface area contributed by atoms with Gasteiger partial charge in [0.2, 0.25) is 5.95 Å². The average molecular weight is 509 g/mol. The number of ether oxygens (including phenoxy) is 2. The highest BCUT2D eigenvalue weighted by Gasteiger charge is 2.49. The Labute approximate surface area is 194 Å². The summed E-state index contributed by atoms with van der Waals surface area (Å²) >= 11 is 0. The van der Waals surface area contributed by atoms with Crippen LogP contribution in [0, 0.1) is 0 Å². The Morgan fingerprint density at radius 3 is 2.34 bits per heavy atom. The molecule has 192 valence electrons. The molecule has 0 aliphatic carbocycles. The molecule has 15 heteroatoms. The van der Waals surface area contributed by atoms with Crippen LogP contribution in [0.3, 0.4) is 0 Å². The second kappa shape index (κ2) is 9.71. The lowest BCUT2D eigenvalue weighted by atomic mass is 9.86. The number of aromatic amines is 1. The number of alkyl halides is 6. The molecular weight excluding hydrogens is 488 g/mol. The summed E-state index contributed by atoms with van der Waals surface area (Å²) in [4.78, 5) is 36.7. The second-order valence-electron chi connectivity index (χ2n) is 7.64. The summed E-state index contributed by atoms with van der Waals surface area (Å²) in [5.74, 6) is -0.137. The van der Waals surface area contributed by atoms with Crippen molar-refractivity contribution >= 4 is 12.0 Å². The summed E-state index contributed by atoms with van der Waals surface area (Å²) in [6.07, 6.45) is -8.31. The van der Waals surface area contributed by atoms with Gasteiger partial charge in [0.1, 0.15) is 11.1 Å². The summed E-state index contributed by atoms with van der Waals surface area (Å²) in [6.45, 7) is 0.826. The van der Waals surface area contributed by atoms with Crippen molar-refractivity contribution in [1.29, 1.82) is 0 Å². The molecule has 1 saturated heterocycles. The molecule has 0 saturated carbocycles. The van der Waals surface area contributed by atoms with Crippen molar-refractivity contribution in [2.24, 2.45) is 0 Å². The summed E-state index contributed by atoms with van der Waals surface area (Å²) in [6, 6.07) is 0.612. The third-order valence-electron chi connectivity index (χ3n) is 5.43. The molecular formula is C20H21F6N5O4. The number of amides is 1. The van der Waals surface area contributed by atoms with Gasteiger partial charge in [-0.2, -0.15) is 26.3 Å². The number of aromatic nitrogens is 3. The highest BCUT2D eigenvalue weighted by molar-refractivity contribution is 5.70. The summed E-state index contributed by atoms with van der Waals surface area (Å²) < 4.78 is 89.5. The molecule has 1 aliphatic rings. The molecule has 2 aromatic heterocycles. The number of H-pyrrole nitrogens is 1. The van der Waals surface area contributed by atoms with Gasteiger partial charge in [0.15, 0.2) is 0 Å². The van der Waals surface area contributed by atoms with Gasteiger partial charge in [-0.1, -0.05) is 0 Å². The standard InChI is InChI=1S/C20H21F6N5O4/c1-3-35-17(33)31-5-4-30(16-28-8-13(9-29-16)19(21,22)23)10-18(31,11-34-2)12-6-14(20(24,25)26)15(32)27-7-12/h6-9H,3-5,10-11H2,1-2H3,(H,27,32). The van der Waals surface area contributed by atoms with Crippen LogP contribution in [-0.4, -0.2) is 65.9 Å². The van der Waals surface area contributed by atoms with Crippen LogP contribution in [0.25, 0.3) is 0 Å². The Balaban J connectivity index is 2.12. The van der Waals surface area contributed by atoms with E-state index in [0.717, 1.165) is 11.1 Å². The van der Waals surface area contributed by atoms with Crippen molar-refractivity contribution in [3.8, 4) is 0 Å². The number of anilines is 1. The molecule has 9 nitrogen and oxygen atoms in total. The zero-order valence-corrected chi connectivity index (χ0v) is 18.5. The van der Waals surface area contributed by atoms with Gasteiger partial charge in [0.25, 0.3) is 5.56 Å². The first-order chi connectivity index (χ1) is 16.3. The summed E-state index contributed by atoms with van der Waals surface area (Å²) in [5.41, 5.74) is -5.72. The van der Waals surface area contributed by atoms with E-state index in [1.54, 1.807) is 6.92 Å². The molecule has 1 amide bonds. The zero-order valence-electron chi connectivity index (χ0n) is 18.5. The molecule has 1 aliphatic heterocycles. The number of hydrogen-bond acceptors (Lipinski definition) is 7. The van der Waals surface area contributed by atoms with Crippen LogP contribution in [0.2, 0.25) is 0 Å². The molecule has 3 heterocycles. The van der Waals surface area contributed by atoms with Crippen molar-refractivity contribution in [2.45, 2.75) is 24.8 Å². The van der Waals surface area contributed by atoms with E-state index in [1.165, 1.54) is 12.0 Å². The number of methoxy groups -OCH3 is 1. The van der Waals surface area contributed by atoms with Crippen molar-refractivity contribution in [3.05, 3.63) is 51.7 Å². The SMILES string of the molecule is CCOC(=O)N1CCN(c2ncc(C(F)(F)F)cn2)CC1(COC)c1c[nH]c(=O)c(C(F)(F)F)c1. The van der Waals surface area contributed by atoms with E-state index in [-0.39, 0.29) is 44.4 Å². The van der Waals surface area contributed by atoms with Crippen LogP contribution in [0.1, 0.15) is 23.6 Å². The first kappa shape index (κ1) is 26.2. The fourth-order valence-corrected chi connectivity index (χ4v) is 3.84. The van der Waals surface area contributed by atoms with Gasteiger partial charge in [-0.25, -0.2) is 14.8 Å². The lowest BCUT2D eigenvalue weighted by molar-refractivity contribution is -0.139.